The van der Waals surface area contributed by atoms with Crippen LogP contribution in [0.1, 0.15) is 0 Å². The van der Waals surface area contributed by atoms with E-state index in [0.29, 0.717) is 11.4 Å². The summed E-state index contributed by atoms with van der Waals surface area (Å²) in [5.41, 5.74) is 11.1. The molecule has 3 nitrogen and oxygen atoms in total. The van der Waals surface area contributed by atoms with Gasteiger partial charge in [-0.2, -0.15) is 0 Å². The summed E-state index contributed by atoms with van der Waals surface area (Å²) in [4.78, 5) is 1.69. The maximum atomic E-state index is 12.9. The van der Waals surface area contributed by atoms with Crippen molar-refractivity contribution in [2.45, 2.75) is 0 Å². The molecule has 0 heterocycles. The Bertz CT molecular complexity index is 261. The first-order chi connectivity index (χ1) is 6.11. The van der Waals surface area contributed by atoms with Crippen molar-refractivity contribution in [2.75, 3.05) is 31.8 Å². The van der Waals surface area contributed by atoms with E-state index < -0.39 is 0 Å². The smallest absolute Gasteiger partial charge is 0.146 e. The van der Waals surface area contributed by atoms with E-state index in [-0.39, 0.29) is 5.82 Å². The van der Waals surface area contributed by atoms with E-state index in [1.54, 1.807) is 31.1 Å². The highest BCUT2D eigenvalue weighted by atomic mass is 19.1. The summed E-state index contributed by atoms with van der Waals surface area (Å²) in [7, 11) is 5.05. The molecule has 0 aromatic heterocycles. The van der Waals surface area contributed by atoms with Crippen molar-refractivity contribution in [3.05, 3.63) is 24.0 Å². The second-order valence-corrected chi connectivity index (χ2v) is 2.61. The van der Waals surface area contributed by atoms with Crippen LogP contribution in [-0.2, 0) is 0 Å². The zero-order valence-electron chi connectivity index (χ0n) is 8.21. The second-order valence-electron chi connectivity index (χ2n) is 2.61. The molecule has 4 heteroatoms. The molecule has 13 heavy (non-hydrogen) atoms. The summed E-state index contributed by atoms with van der Waals surface area (Å²) in [5, 5.41) is 0. The predicted octanol–water partition coefficient (Wildman–Crippen LogP) is 1.05. The average molecular weight is 185 g/mol. The summed E-state index contributed by atoms with van der Waals surface area (Å²) in [6, 6.07) is 4.52. The molecule has 1 rings (SSSR count). The average Bonchev–Trinajstić information content (AvgIpc) is 2.12. The van der Waals surface area contributed by atoms with Crippen LogP contribution in [0.3, 0.4) is 0 Å². The molecule has 0 spiro atoms. The summed E-state index contributed by atoms with van der Waals surface area (Å²) < 4.78 is 12.9. The lowest BCUT2D eigenvalue weighted by molar-refractivity contribution is 0.626. The number of hydrogen-bond acceptors (Lipinski definition) is 3. The number of anilines is 2. The van der Waals surface area contributed by atoms with Gasteiger partial charge in [-0.25, -0.2) is 4.39 Å². The normalized spacial score (nSPS) is 8.69. The second kappa shape index (κ2) is 5.37. The summed E-state index contributed by atoms with van der Waals surface area (Å²) in [6.45, 7) is 0. The van der Waals surface area contributed by atoms with Gasteiger partial charge < -0.3 is 16.4 Å². The van der Waals surface area contributed by atoms with E-state index in [0.717, 1.165) is 0 Å². The zero-order valence-corrected chi connectivity index (χ0v) is 8.21. The lowest BCUT2D eigenvalue weighted by Crippen LogP contribution is -2.10. The van der Waals surface area contributed by atoms with E-state index in [1.165, 1.54) is 13.1 Å². The van der Waals surface area contributed by atoms with Crippen LogP contribution in [0.4, 0.5) is 15.8 Å². The van der Waals surface area contributed by atoms with Gasteiger partial charge in [0, 0.05) is 19.8 Å². The molecule has 4 N–H and O–H groups in total. The van der Waals surface area contributed by atoms with Gasteiger partial charge >= 0.3 is 0 Å². The van der Waals surface area contributed by atoms with E-state index >= 15 is 0 Å². The van der Waals surface area contributed by atoms with Crippen molar-refractivity contribution >= 4 is 11.4 Å². The number of hydrogen-bond donors (Lipinski definition) is 2. The minimum atomic E-state index is -0.246. The summed E-state index contributed by atoms with van der Waals surface area (Å²) in [5.74, 6) is -0.246. The van der Waals surface area contributed by atoms with Gasteiger partial charge in [0.25, 0.3) is 0 Å². The fourth-order valence-electron chi connectivity index (χ4n) is 0.872. The standard InChI is InChI=1S/C8H11FN2.CH5N/c1-11(2)8-5-6(10)3-4-7(8)9;1-2/h3-5H,10H2,1-2H3;2H2,1H3. The van der Waals surface area contributed by atoms with Gasteiger partial charge in [-0.3, -0.25) is 0 Å². The van der Waals surface area contributed by atoms with Crippen molar-refractivity contribution in [3.8, 4) is 0 Å². The molecule has 1 aromatic carbocycles. The van der Waals surface area contributed by atoms with Gasteiger partial charge in [0.2, 0.25) is 0 Å². The van der Waals surface area contributed by atoms with Gasteiger partial charge in [-0.1, -0.05) is 0 Å². The van der Waals surface area contributed by atoms with E-state index in [9.17, 15) is 4.39 Å². The predicted molar refractivity (Wildman–Crippen MR) is 55.3 cm³/mol. The fourth-order valence-corrected chi connectivity index (χ4v) is 0.872. The Morgan fingerprint density at radius 2 is 1.77 bits per heavy atom. The first kappa shape index (κ1) is 11.7. The molecule has 0 atom stereocenters. The number of benzene rings is 1. The van der Waals surface area contributed by atoms with Crippen molar-refractivity contribution in [1.29, 1.82) is 0 Å². The molecular weight excluding hydrogens is 169 g/mol. The molecule has 0 amide bonds. The summed E-state index contributed by atoms with van der Waals surface area (Å²) in [6.07, 6.45) is 0. The lowest BCUT2D eigenvalue weighted by atomic mass is 10.2. The molecule has 0 fully saturated rings. The number of nitrogens with zero attached hydrogens (tertiary/aromatic N) is 1. The van der Waals surface area contributed by atoms with Gasteiger partial charge in [-0.15, -0.1) is 0 Å². The third kappa shape index (κ3) is 3.29. The number of rotatable bonds is 1. The van der Waals surface area contributed by atoms with Gasteiger partial charge in [0.1, 0.15) is 5.82 Å². The summed E-state index contributed by atoms with van der Waals surface area (Å²) >= 11 is 0. The molecule has 74 valence electrons. The minimum absolute atomic E-state index is 0.246. The fraction of sp³-hybridized carbons (Fsp3) is 0.333. The maximum absolute atomic E-state index is 12.9. The molecule has 0 aliphatic heterocycles. The maximum Gasteiger partial charge on any atom is 0.146 e. The topological polar surface area (TPSA) is 55.3 Å². The highest BCUT2D eigenvalue weighted by Crippen LogP contribution is 2.19. The Hall–Kier alpha value is -1.29. The first-order valence-corrected chi connectivity index (χ1v) is 3.91. The molecule has 0 saturated heterocycles. The Kier molecular flexibility index (Phi) is 4.84. The van der Waals surface area contributed by atoms with Gasteiger partial charge in [-0.05, 0) is 25.2 Å². The molecular formula is C9H16FN3. The van der Waals surface area contributed by atoms with Gasteiger partial charge in [0.15, 0.2) is 0 Å². The number of nitrogen functional groups attached to an aromatic ring is 1. The third-order valence-electron chi connectivity index (χ3n) is 1.45. The third-order valence-corrected chi connectivity index (χ3v) is 1.45. The van der Waals surface area contributed by atoms with Crippen molar-refractivity contribution in [3.63, 3.8) is 0 Å². The Labute approximate surface area is 78.1 Å². The van der Waals surface area contributed by atoms with Crippen LogP contribution < -0.4 is 16.4 Å². The highest BCUT2D eigenvalue weighted by molar-refractivity contribution is 5.56. The van der Waals surface area contributed by atoms with Crippen molar-refractivity contribution < 1.29 is 4.39 Å². The molecule has 0 aliphatic carbocycles. The van der Waals surface area contributed by atoms with Gasteiger partial charge in [0.05, 0.1) is 5.69 Å². The Morgan fingerprint density at radius 1 is 1.23 bits per heavy atom. The molecule has 0 radical (unpaired) electrons. The molecule has 0 unspecified atom stereocenters. The van der Waals surface area contributed by atoms with Crippen molar-refractivity contribution in [1.82, 2.24) is 0 Å². The lowest BCUT2D eigenvalue weighted by Gasteiger charge is -2.13. The molecule has 1 aromatic rings. The van der Waals surface area contributed by atoms with Crippen LogP contribution in [0.25, 0.3) is 0 Å². The quantitative estimate of drug-likeness (QED) is 0.643. The monoisotopic (exact) mass is 185 g/mol. The van der Waals surface area contributed by atoms with E-state index in [1.807, 2.05) is 0 Å². The Morgan fingerprint density at radius 3 is 2.15 bits per heavy atom. The number of nitrogens with two attached hydrogens (primary N) is 2. The van der Waals surface area contributed by atoms with Crippen LogP contribution in [-0.4, -0.2) is 21.1 Å². The highest BCUT2D eigenvalue weighted by Gasteiger charge is 2.02. The minimum Gasteiger partial charge on any atom is -0.399 e. The van der Waals surface area contributed by atoms with E-state index in [4.69, 9.17) is 5.73 Å². The van der Waals surface area contributed by atoms with Crippen molar-refractivity contribution in [2.24, 2.45) is 5.73 Å². The first-order valence-electron chi connectivity index (χ1n) is 3.91. The number of halogens is 1. The largest absolute Gasteiger partial charge is 0.399 e. The SMILES string of the molecule is CN.CN(C)c1cc(N)ccc1F. The van der Waals surface area contributed by atoms with Crippen LogP contribution in [0.5, 0.6) is 0 Å². The van der Waals surface area contributed by atoms with Crippen LogP contribution in [0.15, 0.2) is 18.2 Å². The van der Waals surface area contributed by atoms with Crippen LogP contribution in [0.2, 0.25) is 0 Å². The molecule has 0 saturated carbocycles. The van der Waals surface area contributed by atoms with Crippen LogP contribution >= 0.6 is 0 Å². The molecule has 0 bridgehead atoms. The van der Waals surface area contributed by atoms with Crippen LogP contribution in [0, 0.1) is 5.82 Å². The zero-order chi connectivity index (χ0) is 10.4. The Balaban J connectivity index is 0.000000671. The molecule has 0 aliphatic rings. The van der Waals surface area contributed by atoms with E-state index in [2.05, 4.69) is 5.73 Å².